The molecule has 1 saturated carbocycles. The molecule has 1 aliphatic heterocycles. The number of hydrogen-bond acceptors (Lipinski definition) is 4. The molecule has 1 saturated heterocycles. The van der Waals surface area contributed by atoms with Crippen LogP contribution in [0.5, 0.6) is 0 Å². The van der Waals surface area contributed by atoms with Crippen molar-refractivity contribution in [3.8, 4) is 0 Å². The highest BCUT2D eigenvalue weighted by Gasteiger charge is 2.51. The van der Waals surface area contributed by atoms with Crippen LogP contribution < -0.4 is 10.6 Å². The molecule has 2 amide bonds. The molecule has 38 heavy (non-hydrogen) atoms. The molecule has 204 valence electrons. The molecule has 7 nitrogen and oxygen atoms in total. The van der Waals surface area contributed by atoms with Crippen LogP contribution in [-0.4, -0.2) is 49.2 Å². The maximum atomic E-state index is 13.5. The fourth-order valence-corrected chi connectivity index (χ4v) is 7.01. The Morgan fingerprint density at radius 2 is 1.74 bits per heavy atom. The maximum Gasteiger partial charge on any atom is 0.416 e. The number of hydrogen-bond donors (Lipinski definition) is 2. The lowest BCUT2D eigenvalue weighted by molar-refractivity contribution is -0.137. The number of nitrogens with one attached hydrogen (secondary N) is 2. The maximum absolute atomic E-state index is 13.5. The molecule has 1 unspecified atom stereocenters. The minimum atomic E-state index is -4.40. The zero-order valence-corrected chi connectivity index (χ0v) is 21.6. The van der Waals surface area contributed by atoms with E-state index in [2.05, 4.69) is 17.2 Å². The number of piperidine rings is 1. The van der Waals surface area contributed by atoms with Gasteiger partial charge in [-0.25, -0.2) is 8.42 Å². The lowest BCUT2D eigenvalue weighted by Gasteiger charge is -2.54. The van der Waals surface area contributed by atoms with Crippen molar-refractivity contribution < 1.29 is 31.2 Å². The Balaban J connectivity index is 1.36. The van der Waals surface area contributed by atoms with Gasteiger partial charge in [0.05, 0.1) is 10.5 Å². The summed E-state index contributed by atoms with van der Waals surface area (Å²) in [6.07, 6.45) is 0.581. The van der Waals surface area contributed by atoms with E-state index in [9.17, 15) is 31.2 Å². The van der Waals surface area contributed by atoms with Crippen LogP contribution in [0.25, 0.3) is 0 Å². The molecule has 2 aromatic rings. The highest BCUT2D eigenvalue weighted by molar-refractivity contribution is 7.89. The Morgan fingerprint density at radius 1 is 1.08 bits per heavy atom. The molecule has 4 rings (SSSR count). The van der Waals surface area contributed by atoms with Gasteiger partial charge in [-0.1, -0.05) is 18.7 Å². The third-order valence-electron chi connectivity index (χ3n) is 7.34. The van der Waals surface area contributed by atoms with Crippen LogP contribution in [0.4, 0.5) is 13.2 Å². The third kappa shape index (κ3) is 5.94. The van der Waals surface area contributed by atoms with Gasteiger partial charge in [-0.3, -0.25) is 9.59 Å². The van der Waals surface area contributed by atoms with Gasteiger partial charge in [0.25, 0.3) is 5.91 Å². The lowest BCUT2D eigenvalue weighted by Crippen LogP contribution is -2.63. The number of amides is 2. The number of rotatable bonds is 8. The molecule has 1 atom stereocenters. The van der Waals surface area contributed by atoms with Gasteiger partial charge in [0.15, 0.2) is 0 Å². The largest absolute Gasteiger partial charge is 0.416 e. The predicted octanol–water partition coefficient (Wildman–Crippen LogP) is 4.06. The number of alkyl halides is 3. The van der Waals surface area contributed by atoms with E-state index in [0.29, 0.717) is 24.8 Å². The summed E-state index contributed by atoms with van der Waals surface area (Å²) in [5, 5.41) is 5.60. The quantitative estimate of drug-likeness (QED) is 0.486. The van der Waals surface area contributed by atoms with Gasteiger partial charge >= 0.3 is 6.18 Å². The molecule has 1 heterocycles. The smallest absolute Gasteiger partial charge is 0.352 e. The van der Waals surface area contributed by atoms with E-state index in [1.54, 1.807) is 4.31 Å². The first-order valence-corrected chi connectivity index (χ1v) is 13.9. The summed E-state index contributed by atoms with van der Waals surface area (Å²) >= 11 is 0. The van der Waals surface area contributed by atoms with Crippen molar-refractivity contribution >= 4 is 21.8 Å². The number of halogens is 3. The molecule has 0 aromatic heterocycles. The summed E-state index contributed by atoms with van der Waals surface area (Å²) in [6, 6.07) is 10.4. The molecule has 2 aliphatic rings. The summed E-state index contributed by atoms with van der Waals surface area (Å²) in [5.74, 6) is -0.677. The molecule has 0 radical (unpaired) electrons. The van der Waals surface area contributed by atoms with E-state index >= 15 is 0 Å². The van der Waals surface area contributed by atoms with Crippen molar-refractivity contribution in [1.82, 2.24) is 14.9 Å². The van der Waals surface area contributed by atoms with Gasteiger partial charge < -0.3 is 10.6 Å². The zero-order valence-electron chi connectivity index (χ0n) is 20.8. The molecule has 2 aromatic carbocycles. The Bertz CT molecular complexity index is 1290. The Hall–Kier alpha value is -3.18. The van der Waals surface area contributed by atoms with Gasteiger partial charge in [-0.05, 0) is 86.6 Å². The first-order chi connectivity index (χ1) is 17.9. The van der Waals surface area contributed by atoms with Crippen LogP contribution in [0.2, 0.25) is 0 Å². The first kappa shape index (κ1) is 27.8. The first-order valence-electron chi connectivity index (χ1n) is 12.4. The Kier molecular flexibility index (Phi) is 7.98. The second-order valence-corrected chi connectivity index (χ2v) is 11.6. The highest BCUT2D eigenvalue weighted by atomic mass is 32.2. The van der Waals surface area contributed by atoms with Gasteiger partial charge in [-0.2, -0.15) is 17.5 Å². The number of benzene rings is 2. The summed E-state index contributed by atoms with van der Waals surface area (Å²) < 4.78 is 66.7. The van der Waals surface area contributed by atoms with Crippen molar-refractivity contribution in [3.63, 3.8) is 0 Å². The SMILES string of the molecule is C=CC(=O)NC1CCN(S(=O)(=O)c2ccc(C(=O)NCCc3ccc(C(F)(F)F)cc3)cc2)C2(CCC2)C1. The number of carbonyl (C=O) groups is 2. The lowest BCUT2D eigenvalue weighted by atomic mass is 9.70. The minimum Gasteiger partial charge on any atom is -0.352 e. The van der Waals surface area contributed by atoms with Crippen LogP contribution >= 0.6 is 0 Å². The molecular formula is C27H30F3N3O4S. The van der Waals surface area contributed by atoms with Crippen LogP contribution in [0.3, 0.4) is 0 Å². The second kappa shape index (κ2) is 10.9. The van der Waals surface area contributed by atoms with Gasteiger partial charge in [-0.15, -0.1) is 0 Å². The Labute approximate surface area is 220 Å². The average molecular weight is 550 g/mol. The van der Waals surface area contributed by atoms with E-state index in [4.69, 9.17) is 0 Å². The summed E-state index contributed by atoms with van der Waals surface area (Å²) in [4.78, 5) is 24.4. The van der Waals surface area contributed by atoms with E-state index in [1.807, 2.05) is 0 Å². The second-order valence-electron chi connectivity index (χ2n) is 9.78. The van der Waals surface area contributed by atoms with Gasteiger partial charge in [0.2, 0.25) is 15.9 Å². The minimum absolute atomic E-state index is 0.0960. The fourth-order valence-electron chi connectivity index (χ4n) is 5.16. The molecule has 1 aliphatic carbocycles. The Morgan fingerprint density at radius 3 is 2.29 bits per heavy atom. The average Bonchev–Trinajstić information content (AvgIpc) is 2.87. The number of sulfonamides is 1. The zero-order chi connectivity index (χ0) is 27.6. The summed E-state index contributed by atoms with van der Waals surface area (Å²) in [6.45, 7) is 3.97. The molecule has 2 N–H and O–H groups in total. The third-order valence-corrected chi connectivity index (χ3v) is 9.36. The van der Waals surface area contributed by atoms with E-state index in [1.165, 1.54) is 42.5 Å². The molecule has 1 spiro atoms. The fraction of sp³-hybridized carbons (Fsp3) is 0.407. The topological polar surface area (TPSA) is 95.6 Å². The molecule has 2 fully saturated rings. The van der Waals surface area contributed by atoms with E-state index in [0.717, 1.165) is 31.4 Å². The molecule has 11 heteroatoms. The van der Waals surface area contributed by atoms with E-state index in [-0.39, 0.29) is 35.5 Å². The van der Waals surface area contributed by atoms with Crippen LogP contribution in [0.1, 0.15) is 53.6 Å². The van der Waals surface area contributed by atoms with Crippen LogP contribution in [-0.2, 0) is 27.4 Å². The van der Waals surface area contributed by atoms with Crippen LogP contribution in [0.15, 0.2) is 66.1 Å². The molecule has 0 bridgehead atoms. The van der Waals surface area contributed by atoms with Crippen molar-refractivity contribution in [2.24, 2.45) is 0 Å². The number of nitrogens with zero attached hydrogens (tertiary/aromatic N) is 1. The normalized spacial score (nSPS) is 19.4. The summed E-state index contributed by atoms with van der Waals surface area (Å²) in [5.41, 5.74) is -0.324. The van der Waals surface area contributed by atoms with Crippen molar-refractivity contribution in [2.45, 2.75) is 61.2 Å². The highest BCUT2D eigenvalue weighted by Crippen LogP contribution is 2.47. The standard InChI is InChI=1S/C27H30F3N3O4S/c1-2-24(34)32-22-13-17-33(26(18-22)14-3-15-26)38(36,37)23-10-6-20(7-11-23)25(35)31-16-12-19-4-8-21(9-5-19)27(28,29)30/h2,4-11,22H,1,3,12-18H2,(H,31,35)(H,32,34). The number of carbonyl (C=O) groups excluding carboxylic acids is 2. The monoisotopic (exact) mass is 549 g/mol. The van der Waals surface area contributed by atoms with Crippen LogP contribution in [0, 0.1) is 0 Å². The van der Waals surface area contributed by atoms with Crippen molar-refractivity contribution in [2.75, 3.05) is 13.1 Å². The van der Waals surface area contributed by atoms with Crippen molar-refractivity contribution in [3.05, 3.63) is 77.9 Å². The van der Waals surface area contributed by atoms with Gasteiger partial charge in [0.1, 0.15) is 0 Å². The molecular weight excluding hydrogens is 519 g/mol. The van der Waals surface area contributed by atoms with Crippen molar-refractivity contribution in [1.29, 1.82) is 0 Å². The van der Waals surface area contributed by atoms with Gasteiger partial charge in [0, 0.05) is 30.2 Å². The van der Waals surface area contributed by atoms with E-state index < -0.39 is 33.2 Å². The summed E-state index contributed by atoms with van der Waals surface area (Å²) in [7, 11) is -3.81. The predicted molar refractivity (Wildman–Crippen MR) is 136 cm³/mol.